The number of ether oxygens (including phenoxy) is 1. The average molecular weight is 402 g/mol. The summed E-state index contributed by atoms with van der Waals surface area (Å²) in [6, 6.07) is 8.79. The zero-order valence-corrected chi connectivity index (χ0v) is 14.6. The summed E-state index contributed by atoms with van der Waals surface area (Å²) in [6.07, 6.45) is -3.36. The van der Waals surface area contributed by atoms with E-state index in [-0.39, 0.29) is 30.4 Å². The van der Waals surface area contributed by atoms with Gasteiger partial charge < -0.3 is 15.4 Å². The molecular weight excluding hydrogens is 387 g/mol. The van der Waals surface area contributed by atoms with Gasteiger partial charge in [-0.3, -0.25) is 9.59 Å². The molecule has 0 unspecified atom stereocenters. The van der Waals surface area contributed by atoms with Crippen molar-refractivity contribution in [2.45, 2.75) is 6.18 Å². The maximum atomic E-state index is 12.1. The van der Waals surface area contributed by atoms with Crippen molar-refractivity contribution >= 4 is 23.4 Å². The topological polar surface area (TPSA) is 80.3 Å². The summed E-state index contributed by atoms with van der Waals surface area (Å²) in [4.78, 5) is 27.4. The van der Waals surface area contributed by atoms with Crippen LogP contribution in [0.3, 0.4) is 0 Å². The van der Waals surface area contributed by atoms with E-state index in [4.69, 9.17) is 11.6 Å². The summed E-state index contributed by atoms with van der Waals surface area (Å²) in [6.45, 7) is -1.11. The van der Waals surface area contributed by atoms with Crippen molar-refractivity contribution < 1.29 is 27.5 Å². The van der Waals surface area contributed by atoms with Crippen LogP contribution in [0.5, 0.6) is 5.88 Å². The van der Waals surface area contributed by atoms with Crippen LogP contribution in [0.25, 0.3) is 0 Å². The van der Waals surface area contributed by atoms with Crippen molar-refractivity contribution in [1.82, 2.24) is 15.6 Å². The molecule has 0 spiro atoms. The van der Waals surface area contributed by atoms with E-state index in [1.165, 1.54) is 12.1 Å². The molecule has 2 amide bonds. The Labute approximate surface area is 157 Å². The van der Waals surface area contributed by atoms with Gasteiger partial charge >= 0.3 is 6.18 Å². The lowest BCUT2D eigenvalue weighted by atomic mass is 10.2. The summed E-state index contributed by atoms with van der Waals surface area (Å²) in [5, 5.41) is 5.70. The number of hydrogen-bond donors (Lipinski definition) is 2. The summed E-state index contributed by atoms with van der Waals surface area (Å²) >= 11 is 5.74. The van der Waals surface area contributed by atoms with Gasteiger partial charge in [-0.2, -0.15) is 13.2 Å². The number of carbonyl (C=O) groups excluding carboxylic acids is 2. The molecule has 0 radical (unpaired) electrons. The van der Waals surface area contributed by atoms with E-state index >= 15 is 0 Å². The maximum Gasteiger partial charge on any atom is 0.422 e. The molecule has 0 aliphatic rings. The summed E-state index contributed by atoms with van der Waals surface area (Å²) in [5.41, 5.74) is 0.586. The molecule has 2 aromatic rings. The van der Waals surface area contributed by atoms with E-state index in [9.17, 15) is 22.8 Å². The monoisotopic (exact) mass is 401 g/mol. The van der Waals surface area contributed by atoms with Gasteiger partial charge in [0.15, 0.2) is 6.61 Å². The van der Waals surface area contributed by atoms with Crippen molar-refractivity contribution in [3.05, 3.63) is 58.7 Å². The van der Waals surface area contributed by atoms with Crippen molar-refractivity contribution in [3.63, 3.8) is 0 Å². The molecule has 2 N–H and O–H groups in total. The average Bonchev–Trinajstić information content (AvgIpc) is 2.63. The Morgan fingerprint density at radius 2 is 1.52 bits per heavy atom. The second kappa shape index (κ2) is 9.22. The van der Waals surface area contributed by atoms with Crippen LogP contribution < -0.4 is 15.4 Å². The van der Waals surface area contributed by atoms with Crippen molar-refractivity contribution in [2.24, 2.45) is 0 Å². The number of alkyl halides is 3. The van der Waals surface area contributed by atoms with Gasteiger partial charge in [-0.25, -0.2) is 4.98 Å². The minimum atomic E-state index is -4.46. The number of carbonyl (C=O) groups is 2. The minimum Gasteiger partial charge on any atom is -0.468 e. The number of aromatic nitrogens is 1. The van der Waals surface area contributed by atoms with Crippen LogP contribution in [-0.4, -0.2) is 42.7 Å². The first-order chi connectivity index (χ1) is 12.7. The van der Waals surface area contributed by atoms with Gasteiger partial charge in [0.25, 0.3) is 11.8 Å². The molecule has 1 aromatic heterocycles. The Morgan fingerprint density at radius 1 is 0.963 bits per heavy atom. The van der Waals surface area contributed by atoms with E-state index < -0.39 is 18.7 Å². The Bertz CT molecular complexity index is 781. The highest BCUT2D eigenvalue weighted by molar-refractivity contribution is 6.30. The van der Waals surface area contributed by atoms with Crippen LogP contribution in [0.4, 0.5) is 13.2 Å². The molecule has 6 nitrogen and oxygen atoms in total. The lowest BCUT2D eigenvalue weighted by molar-refractivity contribution is -0.154. The second-order valence-electron chi connectivity index (χ2n) is 5.31. The normalized spacial score (nSPS) is 11.0. The predicted molar refractivity (Wildman–Crippen MR) is 91.9 cm³/mol. The first kappa shape index (κ1) is 20.5. The fraction of sp³-hybridized carbons (Fsp3) is 0.235. The third kappa shape index (κ3) is 7.14. The highest BCUT2D eigenvalue weighted by atomic mass is 35.5. The van der Waals surface area contributed by atoms with Gasteiger partial charge in [0.05, 0.1) is 5.56 Å². The number of nitrogens with one attached hydrogen (secondary N) is 2. The van der Waals surface area contributed by atoms with Crippen molar-refractivity contribution in [2.75, 3.05) is 19.7 Å². The van der Waals surface area contributed by atoms with Crippen LogP contribution in [-0.2, 0) is 0 Å². The molecule has 10 heteroatoms. The van der Waals surface area contributed by atoms with E-state index in [2.05, 4.69) is 20.4 Å². The van der Waals surface area contributed by atoms with Gasteiger partial charge in [-0.05, 0) is 30.3 Å². The van der Waals surface area contributed by atoms with Gasteiger partial charge in [0.2, 0.25) is 5.88 Å². The first-order valence-corrected chi connectivity index (χ1v) is 8.10. The molecule has 0 aliphatic carbocycles. The Kier molecular flexibility index (Phi) is 7.00. The molecule has 0 bridgehead atoms. The minimum absolute atomic E-state index is 0.151. The molecule has 2 rings (SSSR count). The van der Waals surface area contributed by atoms with Gasteiger partial charge in [-0.15, -0.1) is 0 Å². The van der Waals surface area contributed by atoms with Crippen LogP contribution in [0, 0.1) is 0 Å². The zero-order chi connectivity index (χ0) is 19.9. The molecule has 0 fully saturated rings. The van der Waals surface area contributed by atoms with Crippen LogP contribution in [0.15, 0.2) is 42.6 Å². The SMILES string of the molecule is O=C(NCCNC(=O)c1ccc(OCC(F)(F)F)nc1)c1ccc(Cl)cc1. The van der Waals surface area contributed by atoms with Crippen molar-refractivity contribution in [1.29, 1.82) is 0 Å². The summed E-state index contributed by atoms with van der Waals surface area (Å²) in [7, 11) is 0. The number of amides is 2. The quantitative estimate of drug-likeness (QED) is 0.699. The zero-order valence-electron chi connectivity index (χ0n) is 13.8. The lowest BCUT2D eigenvalue weighted by Gasteiger charge is -2.09. The maximum absolute atomic E-state index is 12.1. The highest BCUT2D eigenvalue weighted by Gasteiger charge is 2.28. The standard InChI is InChI=1S/C17H15ClF3N3O3/c18-13-4-1-11(2-5-13)15(25)22-7-8-23-16(26)12-3-6-14(24-9-12)27-10-17(19,20)21/h1-6,9H,7-8,10H2,(H,22,25)(H,23,26). The predicted octanol–water partition coefficient (Wildman–Crippen LogP) is 2.84. The molecule has 0 aliphatic heterocycles. The number of hydrogen-bond acceptors (Lipinski definition) is 4. The van der Waals surface area contributed by atoms with Crippen LogP contribution >= 0.6 is 11.6 Å². The Hall–Kier alpha value is -2.81. The molecule has 0 saturated carbocycles. The van der Waals surface area contributed by atoms with Gasteiger partial charge in [0.1, 0.15) is 0 Å². The van der Waals surface area contributed by atoms with E-state index in [1.54, 1.807) is 24.3 Å². The molecular formula is C17H15ClF3N3O3. The molecule has 1 heterocycles. The summed E-state index contributed by atoms with van der Waals surface area (Å²) in [5.74, 6) is -1.03. The van der Waals surface area contributed by atoms with Crippen LogP contribution in [0.2, 0.25) is 5.02 Å². The fourth-order valence-electron chi connectivity index (χ4n) is 1.91. The summed E-state index contributed by atoms with van der Waals surface area (Å²) < 4.78 is 40.6. The third-order valence-corrected chi connectivity index (χ3v) is 3.44. The third-order valence-electron chi connectivity index (χ3n) is 3.18. The number of halogens is 4. The molecule has 1 aromatic carbocycles. The fourth-order valence-corrected chi connectivity index (χ4v) is 2.04. The van der Waals surface area contributed by atoms with Gasteiger partial charge in [-0.1, -0.05) is 11.6 Å². The van der Waals surface area contributed by atoms with E-state index in [0.29, 0.717) is 10.6 Å². The number of nitrogens with zero attached hydrogens (tertiary/aromatic N) is 1. The van der Waals surface area contributed by atoms with Crippen molar-refractivity contribution in [3.8, 4) is 5.88 Å². The Balaban J connectivity index is 1.73. The largest absolute Gasteiger partial charge is 0.468 e. The second-order valence-corrected chi connectivity index (χ2v) is 5.74. The lowest BCUT2D eigenvalue weighted by Crippen LogP contribution is -2.34. The number of pyridine rings is 1. The number of rotatable bonds is 7. The number of benzene rings is 1. The van der Waals surface area contributed by atoms with E-state index in [1.807, 2.05) is 0 Å². The van der Waals surface area contributed by atoms with Crippen LogP contribution in [0.1, 0.15) is 20.7 Å². The Morgan fingerprint density at radius 3 is 2.04 bits per heavy atom. The molecule has 0 saturated heterocycles. The molecule has 0 atom stereocenters. The molecule has 144 valence electrons. The van der Waals surface area contributed by atoms with E-state index in [0.717, 1.165) is 6.20 Å². The molecule has 27 heavy (non-hydrogen) atoms. The first-order valence-electron chi connectivity index (χ1n) is 7.72. The highest BCUT2D eigenvalue weighted by Crippen LogP contribution is 2.17. The smallest absolute Gasteiger partial charge is 0.422 e. The van der Waals surface area contributed by atoms with Gasteiger partial charge in [0, 0.05) is 35.9 Å².